The van der Waals surface area contributed by atoms with Crippen LogP contribution in [0.15, 0.2) is 36.4 Å². The molecule has 2 aromatic rings. The van der Waals surface area contributed by atoms with Gasteiger partial charge >= 0.3 is 0 Å². The van der Waals surface area contributed by atoms with Gasteiger partial charge in [-0.15, -0.1) is 0 Å². The van der Waals surface area contributed by atoms with Gasteiger partial charge in [0.25, 0.3) is 5.91 Å². The number of benzene rings is 2. The van der Waals surface area contributed by atoms with Crippen molar-refractivity contribution < 1.29 is 14.3 Å². The van der Waals surface area contributed by atoms with Crippen LogP contribution in [0.1, 0.15) is 36.5 Å². The summed E-state index contributed by atoms with van der Waals surface area (Å²) in [6, 6.07) is 11.2. The molecule has 0 bridgehead atoms. The first kappa shape index (κ1) is 18.9. The molecule has 144 valence electrons. The molecule has 6 nitrogen and oxygen atoms in total. The predicted octanol–water partition coefficient (Wildman–Crippen LogP) is 3.92. The van der Waals surface area contributed by atoms with Crippen molar-refractivity contribution in [3.8, 4) is 11.5 Å². The van der Waals surface area contributed by atoms with Crippen molar-refractivity contribution in [3.63, 3.8) is 0 Å². The molecule has 1 amide bonds. The van der Waals surface area contributed by atoms with Crippen LogP contribution in [-0.4, -0.2) is 32.7 Å². The Morgan fingerprint density at radius 3 is 2.59 bits per heavy atom. The summed E-state index contributed by atoms with van der Waals surface area (Å²) in [5, 5.41) is 3.02. The monoisotopic (exact) mass is 369 g/mol. The number of ether oxygens (including phenoxy) is 2. The number of anilines is 3. The number of rotatable bonds is 5. The van der Waals surface area contributed by atoms with Crippen LogP contribution in [-0.2, 0) is 0 Å². The van der Waals surface area contributed by atoms with Crippen LogP contribution in [0, 0.1) is 0 Å². The standard InChI is InChI=1S/C21H27N3O3/c1-14-6-4-5-11-24(14)18-9-8-16(22)13-17(18)23-21(25)15-7-10-19(26-2)20(12-15)27-3/h7-10,12-14H,4-6,11,22H2,1-3H3,(H,23,25)/t14-/m1/s1. The second kappa shape index (κ2) is 8.20. The van der Waals surface area contributed by atoms with Crippen LogP contribution in [0.3, 0.4) is 0 Å². The van der Waals surface area contributed by atoms with E-state index >= 15 is 0 Å². The highest BCUT2D eigenvalue weighted by Gasteiger charge is 2.22. The van der Waals surface area contributed by atoms with E-state index in [-0.39, 0.29) is 5.91 Å². The molecule has 1 fully saturated rings. The minimum atomic E-state index is -0.215. The van der Waals surface area contributed by atoms with E-state index in [1.807, 2.05) is 18.2 Å². The van der Waals surface area contributed by atoms with E-state index in [1.54, 1.807) is 32.4 Å². The highest BCUT2D eigenvalue weighted by molar-refractivity contribution is 6.06. The molecule has 3 N–H and O–H groups in total. The molecule has 0 aliphatic carbocycles. The summed E-state index contributed by atoms with van der Waals surface area (Å²) in [5.74, 6) is 0.885. The van der Waals surface area contributed by atoms with E-state index in [0.29, 0.717) is 28.8 Å². The number of nitrogens with zero attached hydrogens (tertiary/aromatic N) is 1. The number of nitrogens with two attached hydrogens (primary N) is 1. The molecule has 1 aliphatic heterocycles. The summed E-state index contributed by atoms with van der Waals surface area (Å²) in [6.07, 6.45) is 3.53. The topological polar surface area (TPSA) is 76.8 Å². The lowest BCUT2D eigenvalue weighted by molar-refractivity contribution is 0.102. The van der Waals surface area contributed by atoms with Crippen molar-refractivity contribution in [2.24, 2.45) is 0 Å². The first-order chi connectivity index (χ1) is 13.0. The van der Waals surface area contributed by atoms with E-state index < -0.39 is 0 Å². The molecule has 0 saturated carbocycles. The Bertz CT molecular complexity index is 822. The van der Waals surface area contributed by atoms with Gasteiger partial charge in [-0.05, 0) is 62.6 Å². The summed E-state index contributed by atoms with van der Waals surface area (Å²) in [5.41, 5.74) is 8.82. The van der Waals surface area contributed by atoms with E-state index in [1.165, 1.54) is 6.42 Å². The van der Waals surface area contributed by atoms with Crippen molar-refractivity contribution in [3.05, 3.63) is 42.0 Å². The summed E-state index contributed by atoms with van der Waals surface area (Å²) < 4.78 is 10.5. The molecule has 1 heterocycles. The third-order valence-corrected chi connectivity index (χ3v) is 5.03. The second-order valence-electron chi connectivity index (χ2n) is 6.84. The van der Waals surface area contributed by atoms with E-state index in [4.69, 9.17) is 15.2 Å². The van der Waals surface area contributed by atoms with Crippen LogP contribution in [0.2, 0.25) is 0 Å². The van der Waals surface area contributed by atoms with Crippen LogP contribution < -0.4 is 25.4 Å². The van der Waals surface area contributed by atoms with Gasteiger partial charge in [0, 0.05) is 23.8 Å². The third kappa shape index (κ3) is 4.10. The number of carbonyl (C=O) groups excluding carboxylic acids is 1. The number of carbonyl (C=O) groups is 1. The van der Waals surface area contributed by atoms with Gasteiger partial charge < -0.3 is 25.4 Å². The summed E-state index contributed by atoms with van der Waals surface area (Å²) in [7, 11) is 3.11. The zero-order valence-corrected chi connectivity index (χ0v) is 16.1. The summed E-state index contributed by atoms with van der Waals surface area (Å²) in [6.45, 7) is 3.19. The average molecular weight is 369 g/mol. The van der Waals surface area contributed by atoms with Gasteiger partial charge in [-0.1, -0.05) is 0 Å². The van der Waals surface area contributed by atoms with Crippen molar-refractivity contribution in [1.29, 1.82) is 0 Å². The Balaban J connectivity index is 1.88. The lowest BCUT2D eigenvalue weighted by Gasteiger charge is -2.36. The van der Waals surface area contributed by atoms with Crippen molar-refractivity contribution in [1.82, 2.24) is 0 Å². The first-order valence-electron chi connectivity index (χ1n) is 9.23. The summed E-state index contributed by atoms with van der Waals surface area (Å²) in [4.78, 5) is 15.2. The van der Waals surface area contributed by atoms with E-state index in [0.717, 1.165) is 30.8 Å². The molecule has 27 heavy (non-hydrogen) atoms. The van der Waals surface area contributed by atoms with Crippen molar-refractivity contribution >= 4 is 23.0 Å². The van der Waals surface area contributed by atoms with E-state index in [9.17, 15) is 4.79 Å². The zero-order valence-electron chi connectivity index (χ0n) is 16.1. The van der Waals surface area contributed by atoms with Crippen molar-refractivity contribution in [2.45, 2.75) is 32.2 Å². The predicted molar refractivity (Wildman–Crippen MR) is 109 cm³/mol. The maximum absolute atomic E-state index is 12.8. The first-order valence-corrected chi connectivity index (χ1v) is 9.23. The lowest BCUT2D eigenvalue weighted by Crippen LogP contribution is -2.38. The summed E-state index contributed by atoms with van der Waals surface area (Å²) >= 11 is 0. The van der Waals surface area contributed by atoms with Gasteiger partial charge in [0.15, 0.2) is 11.5 Å². The number of nitrogens with one attached hydrogen (secondary N) is 1. The maximum Gasteiger partial charge on any atom is 0.255 e. The number of nitrogen functional groups attached to an aromatic ring is 1. The minimum absolute atomic E-state index is 0.215. The fourth-order valence-corrected chi connectivity index (χ4v) is 3.53. The SMILES string of the molecule is COc1ccc(C(=O)Nc2cc(N)ccc2N2CCCC[C@H]2C)cc1OC. The van der Waals surface area contributed by atoms with Crippen LogP contribution in [0.4, 0.5) is 17.1 Å². The second-order valence-corrected chi connectivity index (χ2v) is 6.84. The minimum Gasteiger partial charge on any atom is -0.493 e. The third-order valence-electron chi connectivity index (χ3n) is 5.03. The number of hydrogen-bond acceptors (Lipinski definition) is 5. The number of hydrogen-bond donors (Lipinski definition) is 2. The molecule has 0 aromatic heterocycles. The molecule has 6 heteroatoms. The molecular formula is C21H27N3O3. The Labute approximate surface area is 160 Å². The highest BCUT2D eigenvalue weighted by Crippen LogP contribution is 2.34. The normalized spacial score (nSPS) is 16.7. The van der Waals surface area contributed by atoms with Crippen LogP contribution in [0.25, 0.3) is 0 Å². The Morgan fingerprint density at radius 2 is 1.89 bits per heavy atom. The van der Waals surface area contributed by atoms with Gasteiger partial charge in [0.1, 0.15) is 0 Å². The molecule has 3 rings (SSSR count). The number of amides is 1. The molecular weight excluding hydrogens is 342 g/mol. The van der Waals surface area contributed by atoms with Gasteiger partial charge in [0.05, 0.1) is 25.6 Å². The van der Waals surface area contributed by atoms with Crippen LogP contribution in [0.5, 0.6) is 11.5 Å². The smallest absolute Gasteiger partial charge is 0.255 e. The Kier molecular flexibility index (Phi) is 5.74. The molecule has 2 aromatic carbocycles. The highest BCUT2D eigenvalue weighted by atomic mass is 16.5. The number of piperidine rings is 1. The molecule has 0 unspecified atom stereocenters. The van der Waals surface area contributed by atoms with Crippen LogP contribution >= 0.6 is 0 Å². The maximum atomic E-state index is 12.8. The average Bonchev–Trinajstić information content (AvgIpc) is 2.68. The quantitative estimate of drug-likeness (QED) is 0.781. The molecule has 0 spiro atoms. The molecule has 1 atom stereocenters. The van der Waals surface area contributed by atoms with E-state index in [2.05, 4.69) is 17.1 Å². The largest absolute Gasteiger partial charge is 0.493 e. The van der Waals surface area contributed by atoms with Crippen molar-refractivity contribution in [2.75, 3.05) is 36.7 Å². The lowest BCUT2D eigenvalue weighted by atomic mass is 10.0. The fourth-order valence-electron chi connectivity index (χ4n) is 3.53. The van der Waals surface area contributed by atoms with Gasteiger partial charge in [-0.2, -0.15) is 0 Å². The molecule has 1 aliphatic rings. The molecule has 0 radical (unpaired) electrons. The zero-order chi connectivity index (χ0) is 19.4. The van der Waals surface area contributed by atoms with Gasteiger partial charge in [-0.25, -0.2) is 0 Å². The van der Waals surface area contributed by atoms with Gasteiger partial charge in [0.2, 0.25) is 0 Å². The van der Waals surface area contributed by atoms with Gasteiger partial charge in [-0.3, -0.25) is 4.79 Å². The Hall–Kier alpha value is -2.89. The fraction of sp³-hybridized carbons (Fsp3) is 0.381. The molecule has 1 saturated heterocycles. The number of methoxy groups -OCH3 is 2. The Morgan fingerprint density at radius 1 is 1.11 bits per heavy atom.